The van der Waals surface area contributed by atoms with Crippen LogP contribution in [0.15, 0.2) is 47.6 Å². The molecular weight excluding hydrogens is 433 g/mol. The number of nitrogens with one attached hydrogen (secondary N) is 1. The van der Waals surface area contributed by atoms with E-state index in [9.17, 15) is 9.18 Å². The first-order valence-electron chi connectivity index (χ1n) is 10.2. The van der Waals surface area contributed by atoms with Gasteiger partial charge in [-0.3, -0.25) is 9.36 Å². The molecule has 4 rings (SSSR count). The van der Waals surface area contributed by atoms with Crippen LogP contribution >= 0.6 is 11.8 Å². The Labute approximate surface area is 189 Å². The SMILES string of the molecule is COc1ccc(CCNC(=O)CSc2nnc3n2CCN3c2ccc(F)cc2)cc1OC. The molecule has 8 nitrogen and oxygen atoms in total. The summed E-state index contributed by atoms with van der Waals surface area (Å²) in [4.78, 5) is 14.3. The lowest BCUT2D eigenvalue weighted by molar-refractivity contribution is -0.118. The van der Waals surface area contributed by atoms with Crippen LogP contribution in [-0.4, -0.2) is 53.7 Å². The van der Waals surface area contributed by atoms with Crippen LogP contribution in [0, 0.1) is 5.82 Å². The van der Waals surface area contributed by atoms with Gasteiger partial charge in [-0.2, -0.15) is 0 Å². The molecule has 1 amide bonds. The average molecular weight is 458 g/mol. The summed E-state index contributed by atoms with van der Waals surface area (Å²) in [6.07, 6.45) is 0.684. The second-order valence-corrected chi connectivity index (χ2v) is 8.08. The Balaban J connectivity index is 1.27. The number of thioether (sulfide) groups is 1. The Morgan fingerprint density at radius 2 is 1.88 bits per heavy atom. The highest BCUT2D eigenvalue weighted by molar-refractivity contribution is 7.99. The number of amides is 1. The zero-order valence-corrected chi connectivity index (χ0v) is 18.7. The Bertz CT molecular complexity index is 1090. The van der Waals surface area contributed by atoms with Crippen LogP contribution in [0.2, 0.25) is 0 Å². The number of hydrogen-bond acceptors (Lipinski definition) is 7. The molecule has 0 unspecified atom stereocenters. The van der Waals surface area contributed by atoms with E-state index in [1.165, 1.54) is 23.9 Å². The smallest absolute Gasteiger partial charge is 0.232 e. The maximum absolute atomic E-state index is 13.2. The highest BCUT2D eigenvalue weighted by Crippen LogP contribution is 2.32. The zero-order chi connectivity index (χ0) is 22.5. The normalized spacial score (nSPS) is 12.5. The molecule has 0 spiro atoms. The lowest BCUT2D eigenvalue weighted by Crippen LogP contribution is -2.27. The Kier molecular flexibility index (Phi) is 6.79. The first kappa shape index (κ1) is 21.9. The van der Waals surface area contributed by atoms with Crippen LogP contribution in [-0.2, 0) is 17.8 Å². The number of halogens is 1. The minimum Gasteiger partial charge on any atom is -0.493 e. The van der Waals surface area contributed by atoms with Gasteiger partial charge < -0.3 is 19.7 Å². The first-order valence-corrected chi connectivity index (χ1v) is 11.1. The van der Waals surface area contributed by atoms with E-state index in [-0.39, 0.29) is 17.5 Å². The van der Waals surface area contributed by atoms with Crippen LogP contribution in [0.5, 0.6) is 11.5 Å². The summed E-state index contributed by atoms with van der Waals surface area (Å²) in [6.45, 7) is 1.95. The van der Waals surface area contributed by atoms with Crippen molar-refractivity contribution in [1.82, 2.24) is 20.1 Å². The van der Waals surface area contributed by atoms with Crippen molar-refractivity contribution in [3.63, 3.8) is 0 Å². The van der Waals surface area contributed by atoms with E-state index in [0.717, 1.165) is 17.8 Å². The molecule has 0 saturated carbocycles. The fourth-order valence-electron chi connectivity index (χ4n) is 3.51. The standard InChI is InChI=1S/C22H24FN5O3S/c1-30-18-8-3-15(13-19(18)31-2)9-10-24-20(29)14-32-22-26-25-21-27(11-12-28(21)22)17-6-4-16(23)5-7-17/h3-8,13H,9-12,14H2,1-2H3,(H,24,29). The molecule has 1 aliphatic heterocycles. The molecule has 0 radical (unpaired) electrons. The molecule has 1 aromatic heterocycles. The van der Waals surface area contributed by atoms with Crippen molar-refractivity contribution in [3.8, 4) is 11.5 Å². The molecule has 0 saturated heterocycles. The number of ether oxygens (including phenoxy) is 2. The Morgan fingerprint density at radius 3 is 2.62 bits per heavy atom. The molecule has 2 heterocycles. The molecular formula is C22H24FN5O3S. The predicted octanol–water partition coefficient (Wildman–Crippen LogP) is 3.04. The molecule has 2 aromatic carbocycles. The molecule has 1 aliphatic rings. The lowest BCUT2D eigenvalue weighted by atomic mass is 10.1. The van der Waals surface area contributed by atoms with Crippen molar-refractivity contribution < 1.29 is 18.7 Å². The van der Waals surface area contributed by atoms with Crippen LogP contribution in [0.25, 0.3) is 0 Å². The van der Waals surface area contributed by atoms with Crippen LogP contribution in [0.3, 0.4) is 0 Å². The quantitative estimate of drug-likeness (QED) is 0.495. The number of hydrogen-bond donors (Lipinski definition) is 1. The molecule has 3 aromatic rings. The minimum absolute atomic E-state index is 0.0683. The van der Waals surface area contributed by atoms with E-state index in [1.54, 1.807) is 26.4 Å². The summed E-state index contributed by atoms with van der Waals surface area (Å²) in [7, 11) is 3.20. The number of carbonyl (C=O) groups is 1. The number of nitrogens with zero attached hydrogens (tertiary/aromatic N) is 4. The van der Waals surface area contributed by atoms with E-state index in [0.29, 0.717) is 42.1 Å². The maximum atomic E-state index is 13.2. The third-order valence-corrected chi connectivity index (χ3v) is 6.11. The van der Waals surface area contributed by atoms with Gasteiger partial charge in [0, 0.05) is 25.3 Å². The number of carbonyl (C=O) groups excluding carboxylic acids is 1. The van der Waals surface area contributed by atoms with Crippen molar-refractivity contribution in [2.75, 3.05) is 38.0 Å². The van der Waals surface area contributed by atoms with Crippen molar-refractivity contribution in [2.24, 2.45) is 0 Å². The van der Waals surface area contributed by atoms with Crippen molar-refractivity contribution in [2.45, 2.75) is 18.1 Å². The van der Waals surface area contributed by atoms with Gasteiger partial charge in [0.05, 0.1) is 20.0 Å². The molecule has 32 heavy (non-hydrogen) atoms. The molecule has 10 heteroatoms. The number of aromatic nitrogens is 3. The monoisotopic (exact) mass is 457 g/mol. The lowest BCUT2D eigenvalue weighted by Gasteiger charge is -2.14. The third-order valence-electron chi connectivity index (χ3n) is 5.14. The fraction of sp³-hybridized carbons (Fsp3) is 0.318. The summed E-state index contributed by atoms with van der Waals surface area (Å²) in [5.41, 5.74) is 1.91. The van der Waals surface area contributed by atoms with E-state index in [2.05, 4.69) is 15.5 Å². The van der Waals surface area contributed by atoms with Crippen molar-refractivity contribution in [3.05, 3.63) is 53.8 Å². The number of anilines is 2. The first-order chi connectivity index (χ1) is 15.6. The van der Waals surface area contributed by atoms with Gasteiger partial charge >= 0.3 is 0 Å². The molecule has 1 N–H and O–H groups in total. The Morgan fingerprint density at radius 1 is 1.09 bits per heavy atom. The molecule has 0 fully saturated rings. The number of rotatable bonds is 9. The second-order valence-electron chi connectivity index (χ2n) is 7.14. The van der Waals surface area contributed by atoms with Crippen LogP contribution in [0.4, 0.5) is 16.0 Å². The molecule has 0 bridgehead atoms. The van der Waals surface area contributed by atoms with Gasteiger partial charge in [-0.15, -0.1) is 10.2 Å². The number of benzene rings is 2. The van der Waals surface area contributed by atoms with Crippen molar-refractivity contribution >= 4 is 29.3 Å². The third kappa shape index (κ3) is 4.80. The van der Waals surface area contributed by atoms with Gasteiger partial charge in [0.15, 0.2) is 16.7 Å². The number of fused-ring (bicyclic) bond motifs is 1. The highest BCUT2D eigenvalue weighted by atomic mass is 32.2. The van der Waals surface area contributed by atoms with E-state index in [4.69, 9.17) is 9.47 Å². The fourth-order valence-corrected chi connectivity index (χ4v) is 4.30. The summed E-state index contributed by atoms with van der Waals surface area (Å²) in [5.74, 6) is 1.95. The number of methoxy groups -OCH3 is 2. The van der Waals surface area contributed by atoms with E-state index < -0.39 is 0 Å². The predicted molar refractivity (Wildman–Crippen MR) is 120 cm³/mol. The average Bonchev–Trinajstić information content (AvgIpc) is 3.40. The summed E-state index contributed by atoms with van der Waals surface area (Å²) < 4.78 is 25.7. The molecule has 168 valence electrons. The van der Waals surface area contributed by atoms with E-state index >= 15 is 0 Å². The van der Waals surface area contributed by atoms with Crippen molar-refractivity contribution in [1.29, 1.82) is 0 Å². The maximum Gasteiger partial charge on any atom is 0.232 e. The van der Waals surface area contributed by atoms with Gasteiger partial charge in [0.25, 0.3) is 0 Å². The second kappa shape index (κ2) is 9.90. The topological polar surface area (TPSA) is 81.5 Å². The minimum atomic E-state index is -0.275. The van der Waals surface area contributed by atoms with Gasteiger partial charge in [-0.1, -0.05) is 17.8 Å². The summed E-state index contributed by atoms with van der Waals surface area (Å²) in [5, 5.41) is 12.1. The Hall–Kier alpha value is -3.27. The van der Waals surface area contributed by atoms with Gasteiger partial charge in [-0.05, 0) is 48.4 Å². The van der Waals surface area contributed by atoms with Gasteiger partial charge in [0.1, 0.15) is 5.82 Å². The highest BCUT2D eigenvalue weighted by Gasteiger charge is 2.26. The zero-order valence-electron chi connectivity index (χ0n) is 17.9. The molecule has 0 aliphatic carbocycles. The van der Waals surface area contributed by atoms with Gasteiger partial charge in [0.2, 0.25) is 11.9 Å². The van der Waals surface area contributed by atoms with Crippen LogP contribution in [0.1, 0.15) is 5.56 Å². The summed E-state index contributed by atoms with van der Waals surface area (Å²) in [6, 6.07) is 12.0. The van der Waals surface area contributed by atoms with Gasteiger partial charge in [-0.25, -0.2) is 4.39 Å². The summed E-state index contributed by atoms with van der Waals surface area (Å²) >= 11 is 1.35. The molecule has 0 atom stereocenters. The van der Waals surface area contributed by atoms with E-state index in [1.807, 2.05) is 27.7 Å². The largest absolute Gasteiger partial charge is 0.493 e. The van der Waals surface area contributed by atoms with Crippen LogP contribution < -0.4 is 19.7 Å².